The Hall–Kier alpha value is -1.92. The molecule has 118 valence electrons. The van der Waals surface area contributed by atoms with Gasteiger partial charge in [0, 0.05) is 19.6 Å². The number of carbonyl (C=O) groups is 2. The van der Waals surface area contributed by atoms with E-state index in [0.29, 0.717) is 6.54 Å². The first kappa shape index (κ1) is 15.0. The zero-order valence-corrected chi connectivity index (χ0v) is 12.5. The number of hydrogen-bond acceptors (Lipinski definition) is 4. The van der Waals surface area contributed by atoms with Crippen LogP contribution in [0.3, 0.4) is 0 Å². The Kier molecular flexibility index (Phi) is 4.70. The second-order valence-corrected chi connectivity index (χ2v) is 5.83. The van der Waals surface area contributed by atoms with Crippen molar-refractivity contribution < 1.29 is 9.59 Å². The summed E-state index contributed by atoms with van der Waals surface area (Å²) >= 11 is 0. The highest BCUT2D eigenvalue weighted by atomic mass is 16.2. The van der Waals surface area contributed by atoms with Crippen LogP contribution in [-0.4, -0.2) is 42.9 Å². The number of nitrogens with one attached hydrogen (secondary N) is 3. The van der Waals surface area contributed by atoms with Crippen molar-refractivity contribution in [1.29, 1.82) is 0 Å². The topological polar surface area (TPSA) is 73.5 Å². The van der Waals surface area contributed by atoms with Gasteiger partial charge in [-0.3, -0.25) is 15.0 Å². The molecule has 22 heavy (non-hydrogen) atoms. The van der Waals surface area contributed by atoms with E-state index in [9.17, 15) is 9.59 Å². The van der Waals surface area contributed by atoms with E-state index < -0.39 is 0 Å². The highest BCUT2D eigenvalue weighted by Gasteiger charge is 2.34. The number of carbonyl (C=O) groups excluding carboxylic acids is 2. The van der Waals surface area contributed by atoms with Crippen molar-refractivity contribution in [3.63, 3.8) is 0 Å². The first-order valence-electron chi connectivity index (χ1n) is 7.84. The van der Waals surface area contributed by atoms with Crippen LogP contribution in [0.2, 0.25) is 0 Å². The molecule has 2 unspecified atom stereocenters. The Bertz CT molecular complexity index is 528. The van der Waals surface area contributed by atoms with Gasteiger partial charge in [-0.25, -0.2) is 5.43 Å². The second-order valence-electron chi connectivity index (χ2n) is 5.83. The first-order valence-corrected chi connectivity index (χ1v) is 7.84. The number of benzene rings is 1. The number of nitrogens with zero attached hydrogens (tertiary/aromatic N) is 1. The summed E-state index contributed by atoms with van der Waals surface area (Å²) in [6.07, 6.45) is 2.12. The third kappa shape index (κ3) is 3.28. The summed E-state index contributed by atoms with van der Waals surface area (Å²) in [6, 6.07) is 9.81. The molecule has 0 spiro atoms. The largest absolute Gasteiger partial charge is 0.347 e. The van der Waals surface area contributed by atoms with Gasteiger partial charge in [-0.15, -0.1) is 0 Å². The lowest BCUT2D eigenvalue weighted by Crippen LogP contribution is -2.42. The van der Waals surface area contributed by atoms with Gasteiger partial charge in [-0.05, 0) is 18.4 Å². The predicted molar refractivity (Wildman–Crippen MR) is 82.6 cm³/mol. The summed E-state index contributed by atoms with van der Waals surface area (Å²) in [4.78, 5) is 26.2. The molecule has 2 heterocycles. The predicted octanol–water partition coefficient (Wildman–Crippen LogP) is 0.190. The minimum absolute atomic E-state index is 0.0148. The molecule has 2 saturated heterocycles. The van der Waals surface area contributed by atoms with E-state index in [1.807, 2.05) is 35.2 Å². The molecule has 2 aliphatic rings. The SMILES string of the molecule is O=C(NCC(=O)N1CCCC1)C1CNNC1c1ccccc1. The minimum atomic E-state index is -0.214. The summed E-state index contributed by atoms with van der Waals surface area (Å²) < 4.78 is 0. The Morgan fingerprint density at radius 2 is 1.91 bits per heavy atom. The highest BCUT2D eigenvalue weighted by molar-refractivity contribution is 5.86. The van der Waals surface area contributed by atoms with E-state index in [0.717, 1.165) is 31.5 Å². The molecule has 0 aromatic heterocycles. The number of hydrogen-bond donors (Lipinski definition) is 3. The van der Waals surface area contributed by atoms with Crippen molar-refractivity contribution in [3.8, 4) is 0 Å². The fourth-order valence-corrected chi connectivity index (χ4v) is 3.09. The van der Waals surface area contributed by atoms with E-state index in [-0.39, 0.29) is 30.3 Å². The maximum Gasteiger partial charge on any atom is 0.241 e. The molecule has 2 aliphatic heterocycles. The average Bonchev–Trinajstić information content (AvgIpc) is 3.24. The van der Waals surface area contributed by atoms with Crippen molar-refractivity contribution >= 4 is 11.8 Å². The van der Waals surface area contributed by atoms with Crippen molar-refractivity contribution in [2.75, 3.05) is 26.2 Å². The maximum atomic E-state index is 12.4. The molecule has 2 atom stereocenters. The Labute approximate surface area is 130 Å². The van der Waals surface area contributed by atoms with Gasteiger partial charge >= 0.3 is 0 Å². The zero-order chi connectivity index (χ0) is 15.4. The quantitative estimate of drug-likeness (QED) is 0.742. The molecule has 6 heteroatoms. The summed E-state index contributed by atoms with van der Waals surface area (Å²) in [7, 11) is 0. The van der Waals surface area contributed by atoms with Gasteiger partial charge < -0.3 is 10.2 Å². The van der Waals surface area contributed by atoms with Crippen molar-refractivity contribution in [2.45, 2.75) is 18.9 Å². The molecule has 0 aliphatic carbocycles. The lowest BCUT2D eigenvalue weighted by atomic mass is 9.94. The minimum Gasteiger partial charge on any atom is -0.347 e. The van der Waals surface area contributed by atoms with Crippen molar-refractivity contribution in [2.24, 2.45) is 5.92 Å². The van der Waals surface area contributed by atoms with Crippen LogP contribution in [0, 0.1) is 5.92 Å². The smallest absolute Gasteiger partial charge is 0.241 e. The van der Waals surface area contributed by atoms with Crippen LogP contribution < -0.4 is 16.2 Å². The molecule has 1 aromatic carbocycles. The molecular weight excluding hydrogens is 280 g/mol. The van der Waals surface area contributed by atoms with Crippen molar-refractivity contribution in [1.82, 2.24) is 21.1 Å². The van der Waals surface area contributed by atoms with E-state index in [4.69, 9.17) is 0 Å². The van der Waals surface area contributed by atoms with Crippen LogP contribution in [-0.2, 0) is 9.59 Å². The molecule has 0 bridgehead atoms. The van der Waals surface area contributed by atoms with Gasteiger partial charge in [-0.1, -0.05) is 30.3 Å². The second kappa shape index (κ2) is 6.89. The molecule has 2 amide bonds. The van der Waals surface area contributed by atoms with Crippen molar-refractivity contribution in [3.05, 3.63) is 35.9 Å². The van der Waals surface area contributed by atoms with Crippen LogP contribution >= 0.6 is 0 Å². The van der Waals surface area contributed by atoms with Gasteiger partial charge in [0.2, 0.25) is 11.8 Å². The van der Waals surface area contributed by atoms with E-state index in [1.165, 1.54) is 0 Å². The number of amides is 2. The van der Waals surface area contributed by atoms with Crippen LogP contribution in [0.1, 0.15) is 24.4 Å². The number of hydrazine groups is 1. The summed E-state index contributed by atoms with van der Waals surface area (Å²) in [5.74, 6) is -0.284. The molecule has 2 fully saturated rings. The highest BCUT2D eigenvalue weighted by Crippen LogP contribution is 2.24. The van der Waals surface area contributed by atoms with Gasteiger partial charge in [0.1, 0.15) is 0 Å². The average molecular weight is 302 g/mol. The van der Waals surface area contributed by atoms with Gasteiger partial charge in [0.05, 0.1) is 18.5 Å². The molecule has 1 aromatic rings. The van der Waals surface area contributed by atoms with Gasteiger partial charge in [-0.2, -0.15) is 0 Å². The van der Waals surface area contributed by atoms with E-state index in [1.54, 1.807) is 0 Å². The Morgan fingerprint density at radius 1 is 1.18 bits per heavy atom. The third-order valence-corrected chi connectivity index (χ3v) is 4.35. The number of rotatable bonds is 4. The summed E-state index contributed by atoms with van der Waals surface area (Å²) in [6.45, 7) is 2.28. The summed E-state index contributed by atoms with van der Waals surface area (Å²) in [5.41, 5.74) is 7.25. The Morgan fingerprint density at radius 3 is 2.64 bits per heavy atom. The molecule has 0 radical (unpaired) electrons. The maximum absolute atomic E-state index is 12.4. The molecular formula is C16H22N4O2. The van der Waals surface area contributed by atoms with Gasteiger partial charge in [0.25, 0.3) is 0 Å². The van der Waals surface area contributed by atoms with Crippen LogP contribution in [0.4, 0.5) is 0 Å². The molecule has 6 nitrogen and oxygen atoms in total. The zero-order valence-electron chi connectivity index (χ0n) is 12.5. The normalized spacial score (nSPS) is 24.5. The van der Waals surface area contributed by atoms with Crippen LogP contribution in [0.5, 0.6) is 0 Å². The monoisotopic (exact) mass is 302 g/mol. The molecule has 3 N–H and O–H groups in total. The standard InChI is InChI=1S/C16H22N4O2/c21-14(20-8-4-5-9-20)11-17-16(22)13-10-18-19-15(13)12-6-2-1-3-7-12/h1-3,6-7,13,15,18-19H,4-5,8-11H2,(H,17,22). The van der Waals surface area contributed by atoms with E-state index >= 15 is 0 Å². The van der Waals surface area contributed by atoms with E-state index in [2.05, 4.69) is 16.2 Å². The lowest BCUT2D eigenvalue weighted by Gasteiger charge is -2.20. The van der Waals surface area contributed by atoms with Gasteiger partial charge in [0.15, 0.2) is 0 Å². The molecule has 3 rings (SSSR count). The number of likely N-dealkylation sites (tertiary alicyclic amines) is 1. The fraction of sp³-hybridized carbons (Fsp3) is 0.500. The third-order valence-electron chi connectivity index (χ3n) is 4.35. The lowest BCUT2D eigenvalue weighted by molar-refractivity contribution is -0.133. The van der Waals surface area contributed by atoms with Crippen LogP contribution in [0.25, 0.3) is 0 Å². The Balaban J connectivity index is 1.56. The summed E-state index contributed by atoms with van der Waals surface area (Å²) in [5, 5.41) is 2.79. The van der Waals surface area contributed by atoms with Crippen LogP contribution in [0.15, 0.2) is 30.3 Å². The first-order chi connectivity index (χ1) is 10.8. The fourth-order valence-electron chi connectivity index (χ4n) is 3.09. The molecule has 0 saturated carbocycles.